The second kappa shape index (κ2) is 8.27. The third-order valence-corrected chi connectivity index (χ3v) is 5.05. The van der Waals surface area contributed by atoms with Crippen molar-refractivity contribution in [2.45, 2.75) is 11.9 Å². The van der Waals surface area contributed by atoms with E-state index in [-0.39, 0.29) is 11.7 Å². The molecule has 0 bridgehead atoms. The summed E-state index contributed by atoms with van der Waals surface area (Å²) in [5.74, 6) is -0.506. The molecule has 0 saturated carbocycles. The molecule has 0 aliphatic heterocycles. The van der Waals surface area contributed by atoms with Gasteiger partial charge in [0, 0.05) is 5.69 Å². The summed E-state index contributed by atoms with van der Waals surface area (Å²) in [4.78, 5) is 28.9. The first-order chi connectivity index (χ1) is 14.2. The lowest BCUT2D eigenvalue weighted by molar-refractivity contribution is -0.113. The average Bonchev–Trinajstić information content (AvgIpc) is 3.23. The minimum atomic E-state index is -0.424. The van der Waals surface area contributed by atoms with Crippen LogP contribution < -0.4 is 5.32 Å². The predicted molar refractivity (Wildman–Crippen MR) is 110 cm³/mol. The number of fused-ring (bicyclic) bond motifs is 3. The zero-order valence-electron chi connectivity index (χ0n) is 15.5. The SMILES string of the molecule is CCOC(=O)c1cccc(NC(=O)CSc2nc3ccccc3n3cnnc23)c1. The quantitative estimate of drug-likeness (QED) is 0.387. The molecule has 0 aliphatic rings. The molecule has 0 saturated heterocycles. The fourth-order valence-corrected chi connectivity index (χ4v) is 3.62. The van der Waals surface area contributed by atoms with E-state index in [1.54, 1.807) is 37.5 Å². The molecule has 2 aromatic heterocycles. The second-order valence-electron chi connectivity index (χ2n) is 6.07. The van der Waals surface area contributed by atoms with Gasteiger partial charge in [-0.25, -0.2) is 9.78 Å². The zero-order chi connectivity index (χ0) is 20.2. The fourth-order valence-electron chi connectivity index (χ4n) is 2.85. The van der Waals surface area contributed by atoms with Crippen molar-refractivity contribution in [1.29, 1.82) is 0 Å². The maximum absolute atomic E-state index is 12.4. The molecular weight excluding hydrogens is 390 g/mol. The molecular formula is C20H17N5O3S. The van der Waals surface area contributed by atoms with Gasteiger partial charge in [-0.1, -0.05) is 30.0 Å². The van der Waals surface area contributed by atoms with Crippen LogP contribution in [0.2, 0.25) is 0 Å². The summed E-state index contributed by atoms with van der Waals surface area (Å²) >= 11 is 1.28. The Morgan fingerprint density at radius 1 is 1.17 bits per heavy atom. The number of benzene rings is 2. The van der Waals surface area contributed by atoms with Crippen molar-refractivity contribution in [2.75, 3.05) is 17.7 Å². The number of amides is 1. The largest absolute Gasteiger partial charge is 0.462 e. The van der Waals surface area contributed by atoms with Crippen LogP contribution in [-0.4, -0.2) is 43.8 Å². The molecule has 0 fully saturated rings. The smallest absolute Gasteiger partial charge is 0.338 e. The van der Waals surface area contributed by atoms with Crippen molar-refractivity contribution in [3.63, 3.8) is 0 Å². The van der Waals surface area contributed by atoms with E-state index in [4.69, 9.17) is 4.74 Å². The molecule has 8 nitrogen and oxygen atoms in total. The van der Waals surface area contributed by atoms with Gasteiger partial charge in [0.2, 0.25) is 5.91 Å². The predicted octanol–water partition coefficient (Wildman–Crippen LogP) is 3.19. The van der Waals surface area contributed by atoms with Crippen LogP contribution in [0.15, 0.2) is 59.9 Å². The number of hydrogen-bond acceptors (Lipinski definition) is 7. The van der Waals surface area contributed by atoms with E-state index in [9.17, 15) is 9.59 Å². The van der Waals surface area contributed by atoms with Crippen LogP contribution in [0.25, 0.3) is 16.7 Å². The Hall–Kier alpha value is -3.46. The van der Waals surface area contributed by atoms with E-state index in [2.05, 4.69) is 20.5 Å². The van der Waals surface area contributed by atoms with Crippen molar-refractivity contribution < 1.29 is 14.3 Å². The monoisotopic (exact) mass is 407 g/mol. The maximum atomic E-state index is 12.4. The van der Waals surface area contributed by atoms with Gasteiger partial charge in [0.1, 0.15) is 11.4 Å². The Balaban J connectivity index is 1.48. The summed E-state index contributed by atoms with van der Waals surface area (Å²) in [7, 11) is 0. The van der Waals surface area contributed by atoms with Crippen LogP contribution in [0, 0.1) is 0 Å². The lowest BCUT2D eigenvalue weighted by atomic mass is 10.2. The van der Waals surface area contributed by atoms with E-state index >= 15 is 0 Å². The zero-order valence-corrected chi connectivity index (χ0v) is 16.3. The van der Waals surface area contributed by atoms with Gasteiger partial charge in [0.15, 0.2) is 5.65 Å². The van der Waals surface area contributed by atoms with E-state index in [0.29, 0.717) is 28.5 Å². The summed E-state index contributed by atoms with van der Waals surface area (Å²) < 4.78 is 6.83. The lowest BCUT2D eigenvalue weighted by Crippen LogP contribution is -2.15. The molecule has 4 rings (SSSR count). The molecule has 0 radical (unpaired) electrons. The molecule has 2 heterocycles. The van der Waals surface area contributed by atoms with Crippen LogP contribution in [0.1, 0.15) is 17.3 Å². The second-order valence-corrected chi connectivity index (χ2v) is 7.03. The third kappa shape index (κ3) is 4.04. The van der Waals surface area contributed by atoms with Gasteiger partial charge in [-0.15, -0.1) is 10.2 Å². The first kappa shape index (κ1) is 18.9. The highest BCUT2D eigenvalue weighted by molar-refractivity contribution is 8.00. The molecule has 1 N–H and O–H groups in total. The summed E-state index contributed by atoms with van der Waals surface area (Å²) in [5, 5.41) is 11.5. The number of nitrogens with zero attached hydrogens (tertiary/aromatic N) is 4. The van der Waals surface area contributed by atoms with E-state index in [1.165, 1.54) is 11.8 Å². The molecule has 0 unspecified atom stereocenters. The van der Waals surface area contributed by atoms with Crippen molar-refractivity contribution in [2.24, 2.45) is 0 Å². The molecule has 9 heteroatoms. The van der Waals surface area contributed by atoms with Gasteiger partial charge in [0.05, 0.1) is 29.0 Å². The van der Waals surface area contributed by atoms with E-state index in [0.717, 1.165) is 11.0 Å². The first-order valence-electron chi connectivity index (χ1n) is 8.94. The summed E-state index contributed by atoms with van der Waals surface area (Å²) in [5.41, 5.74) is 3.21. The Morgan fingerprint density at radius 2 is 2.03 bits per heavy atom. The molecule has 2 aromatic carbocycles. The normalized spacial score (nSPS) is 10.9. The van der Waals surface area contributed by atoms with Crippen LogP contribution in [0.5, 0.6) is 0 Å². The number of anilines is 1. The topological polar surface area (TPSA) is 98.5 Å². The molecule has 0 atom stereocenters. The summed E-state index contributed by atoms with van der Waals surface area (Å²) in [6, 6.07) is 14.3. The summed E-state index contributed by atoms with van der Waals surface area (Å²) in [6.07, 6.45) is 1.63. The van der Waals surface area contributed by atoms with Crippen molar-refractivity contribution in [3.8, 4) is 0 Å². The first-order valence-corrected chi connectivity index (χ1v) is 9.92. The average molecular weight is 407 g/mol. The number of hydrogen-bond donors (Lipinski definition) is 1. The van der Waals surface area contributed by atoms with Gasteiger partial charge in [-0.3, -0.25) is 9.20 Å². The maximum Gasteiger partial charge on any atom is 0.338 e. The molecule has 29 heavy (non-hydrogen) atoms. The van der Waals surface area contributed by atoms with Crippen LogP contribution in [0.4, 0.5) is 5.69 Å². The number of esters is 1. The molecule has 4 aromatic rings. The summed E-state index contributed by atoms with van der Waals surface area (Å²) in [6.45, 7) is 2.04. The minimum Gasteiger partial charge on any atom is -0.462 e. The van der Waals surface area contributed by atoms with Gasteiger partial charge in [-0.2, -0.15) is 0 Å². The number of rotatable bonds is 6. The van der Waals surface area contributed by atoms with Crippen LogP contribution >= 0.6 is 11.8 Å². The number of ether oxygens (including phenoxy) is 1. The van der Waals surface area contributed by atoms with E-state index in [1.807, 2.05) is 28.7 Å². The van der Waals surface area contributed by atoms with Crippen LogP contribution in [-0.2, 0) is 9.53 Å². The Morgan fingerprint density at radius 3 is 2.90 bits per heavy atom. The highest BCUT2D eigenvalue weighted by Crippen LogP contribution is 2.24. The Kier molecular flexibility index (Phi) is 5.39. The fraction of sp³-hybridized carbons (Fsp3) is 0.150. The molecule has 0 aliphatic carbocycles. The number of para-hydroxylation sites is 2. The Labute approximate surface area is 170 Å². The highest BCUT2D eigenvalue weighted by Gasteiger charge is 2.13. The number of thioether (sulfide) groups is 1. The number of aromatic nitrogens is 4. The van der Waals surface area contributed by atoms with Gasteiger partial charge in [0.25, 0.3) is 0 Å². The highest BCUT2D eigenvalue weighted by atomic mass is 32.2. The van der Waals surface area contributed by atoms with Crippen molar-refractivity contribution >= 4 is 46.0 Å². The van der Waals surface area contributed by atoms with Gasteiger partial charge < -0.3 is 10.1 Å². The van der Waals surface area contributed by atoms with Crippen LogP contribution in [0.3, 0.4) is 0 Å². The van der Waals surface area contributed by atoms with Crippen molar-refractivity contribution in [3.05, 3.63) is 60.4 Å². The van der Waals surface area contributed by atoms with Gasteiger partial charge in [-0.05, 0) is 37.3 Å². The number of nitrogens with one attached hydrogen (secondary N) is 1. The third-order valence-electron chi connectivity index (χ3n) is 4.10. The standard InChI is InChI=1S/C20H17N5O3S/c1-2-28-20(27)13-6-5-7-14(10-13)22-17(26)11-29-19-18-24-21-12-25(18)16-9-4-3-8-15(16)23-19/h3-10,12H,2,11H2,1H3,(H,22,26). The molecule has 146 valence electrons. The van der Waals surface area contributed by atoms with E-state index < -0.39 is 5.97 Å². The van der Waals surface area contributed by atoms with Gasteiger partial charge >= 0.3 is 5.97 Å². The number of carbonyl (C=O) groups is 2. The number of carbonyl (C=O) groups excluding carboxylic acids is 2. The lowest BCUT2D eigenvalue weighted by Gasteiger charge is -2.08. The van der Waals surface area contributed by atoms with Crippen molar-refractivity contribution in [1.82, 2.24) is 19.6 Å². The molecule has 1 amide bonds. The molecule has 0 spiro atoms. The minimum absolute atomic E-state index is 0.136. The Bertz CT molecular complexity index is 1210.